The van der Waals surface area contributed by atoms with Crippen molar-refractivity contribution in [1.82, 2.24) is 9.97 Å². The van der Waals surface area contributed by atoms with Crippen LogP contribution in [0.2, 0.25) is 0 Å². The summed E-state index contributed by atoms with van der Waals surface area (Å²) in [5.41, 5.74) is 2.66. The zero-order valence-electron chi connectivity index (χ0n) is 7.53. The van der Waals surface area contributed by atoms with E-state index in [9.17, 15) is 4.79 Å². The minimum atomic E-state index is -1.11. The van der Waals surface area contributed by atoms with Gasteiger partial charge >= 0.3 is 6.09 Å². The van der Waals surface area contributed by atoms with Gasteiger partial charge in [0.2, 0.25) is 0 Å². The molecule has 0 unspecified atom stereocenters. The van der Waals surface area contributed by atoms with Crippen molar-refractivity contribution in [3.05, 3.63) is 23.9 Å². The molecule has 1 amide bonds. The molecule has 2 rings (SSSR count). The van der Waals surface area contributed by atoms with Crippen LogP contribution in [0.4, 0.5) is 10.6 Å². The minimum Gasteiger partial charge on any atom is -0.465 e. The maximum absolute atomic E-state index is 10.4. The molecular weight excluding hydrogens is 182 g/mol. The van der Waals surface area contributed by atoms with Crippen LogP contribution in [0.3, 0.4) is 0 Å². The van der Waals surface area contributed by atoms with Gasteiger partial charge in [0.05, 0.1) is 11.0 Å². The number of aryl methyl sites for hydroxylation is 1. The van der Waals surface area contributed by atoms with Crippen molar-refractivity contribution in [2.75, 3.05) is 5.32 Å². The average molecular weight is 191 g/mol. The van der Waals surface area contributed by atoms with E-state index in [1.165, 1.54) is 0 Å². The molecule has 0 bridgehead atoms. The van der Waals surface area contributed by atoms with Gasteiger partial charge in [-0.2, -0.15) is 0 Å². The Hall–Kier alpha value is -2.04. The molecule has 0 fully saturated rings. The molecule has 0 saturated heterocycles. The van der Waals surface area contributed by atoms with Gasteiger partial charge in [0.1, 0.15) is 5.82 Å². The summed E-state index contributed by atoms with van der Waals surface area (Å²) in [5, 5.41) is 10.7. The van der Waals surface area contributed by atoms with Crippen molar-refractivity contribution >= 4 is 22.9 Å². The second-order valence-corrected chi connectivity index (χ2v) is 3.01. The Balaban J connectivity index is 2.45. The smallest absolute Gasteiger partial charge is 0.410 e. The van der Waals surface area contributed by atoms with Crippen LogP contribution >= 0.6 is 0 Å². The molecule has 0 saturated carbocycles. The quantitative estimate of drug-likeness (QED) is 0.644. The normalized spacial score (nSPS) is 10.4. The number of carbonyl (C=O) groups is 1. The standard InChI is InChI=1S/C9H9N3O2/c1-5-4-7-6(10-5)2-3-8(11-7)12-9(13)14/h2-4,10H,1H3,(H,11,12)(H,13,14). The fraction of sp³-hybridized carbons (Fsp3) is 0.111. The number of hydrogen-bond donors (Lipinski definition) is 3. The van der Waals surface area contributed by atoms with Crippen molar-refractivity contribution in [3.63, 3.8) is 0 Å². The molecule has 72 valence electrons. The molecule has 0 aliphatic carbocycles. The predicted octanol–water partition coefficient (Wildman–Crippen LogP) is 1.96. The van der Waals surface area contributed by atoms with Crippen LogP contribution in [-0.2, 0) is 0 Å². The second-order valence-electron chi connectivity index (χ2n) is 3.01. The van der Waals surface area contributed by atoms with E-state index in [4.69, 9.17) is 5.11 Å². The number of anilines is 1. The number of nitrogens with one attached hydrogen (secondary N) is 2. The number of amides is 1. The van der Waals surface area contributed by atoms with Gasteiger partial charge in [-0.05, 0) is 25.1 Å². The van der Waals surface area contributed by atoms with Crippen molar-refractivity contribution in [1.29, 1.82) is 0 Å². The van der Waals surface area contributed by atoms with Crippen molar-refractivity contribution in [2.45, 2.75) is 6.92 Å². The van der Waals surface area contributed by atoms with Crippen LogP contribution in [-0.4, -0.2) is 21.2 Å². The van der Waals surface area contributed by atoms with Crippen molar-refractivity contribution in [3.8, 4) is 0 Å². The Morgan fingerprint density at radius 2 is 2.36 bits per heavy atom. The lowest BCUT2D eigenvalue weighted by Crippen LogP contribution is -2.08. The first-order valence-electron chi connectivity index (χ1n) is 4.11. The number of aromatic amines is 1. The minimum absolute atomic E-state index is 0.337. The lowest BCUT2D eigenvalue weighted by Gasteiger charge is -1.98. The summed E-state index contributed by atoms with van der Waals surface area (Å²) in [6, 6.07) is 5.27. The number of aromatic nitrogens is 2. The SMILES string of the molecule is Cc1cc2nc(NC(=O)O)ccc2[nH]1. The van der Waals surface area contributed by atoms with E-state index < -0.39 is 6.09 Å². The van der Waals surface area contributed by atoms with Gasteiger partial charge in [-0.3, -0.25) is 5.32 Å². The van der Waals surface area contributed by atoms with Gasteiger partial charge in [-0.1, -0.05) is 0 Å². The Kier molecular flexibility index (Phi) is 1.85. The van der Waals surface area contributed by atoms with E-state index in [2.05, 4.69) is 15.3 Å². The van der Waals surface area contributed by atoms with Crippen LogP contribution in [0.1, 0.15) is 5.69 Å². The van der Waals surface area contributed by atoms with Crippen LogP contribution in [0, 0.1) is 6.92 Å². The van der Waals surface area contributed by atoms with E-state index in [0.717, 1.165) is 16.7 Å². The van der Waals surface area contributed by atoms with Gasteiger partial charge < -0.3 is 10.1 Å². The van der Waals surface area contributed by atoms with E-state index in [1.807, 2.05) is 13.0 Å². The molecule has 5 nitrogen and oxygen atoms in total. The Bertz CT molecular complexity index is 490. The Labute approximate surface area is 79.8 Å². The number of H-pyrrole nitrogens is 1. The topological polar surface area (TPSA) is 78.0 Å². The van der Waals surface area contributed by atoms with Crippen LogP contribution < -0.4 is 5.32 Å². The van der Waals surface area contributed by atoms with Gasteiger partial charge in [0.15, 0.2) is 0 Å². The third-order valence-electron chi connectivity index (χ3n) is 1.84. The number of rotatable bonds is 1. The number of pyridine rings is 1. The maximum Gasteiger partial charge on any atom is 0.410 e. The van der Waals surface area contributed by atoms with Crippen molar-refractivity contribution in [2.24, 2.45) is 0 Å². The fourth-order valence-corrected chi connectivity index (χ4v) is 1.32. The molecular formula is C9H9N3O2. The zero-order chi connectivity index (χ0) is 10.1. The molecule has 0 radical (unpaired) electrons. The molecule has 0 aliphatic rings. The predicted molar refractivity (Wildman–Crippen MR) is 52.5 cm³/mol. The summed E-state index contributed by atoms with van der Waals surface area (Å²) in [4.78, 5) is 17.6. The summed E-state index contributed by atoms with van der Waals surface area (Å²) in [6.45, 7) is 1.92. The van der Waals surface area contributed by atoms with Crippen LogP contribution in [0.25, 0.3) is 11.0 Å². The molecule has 5 heteroatoms. The van der Waals surface area contributed by atoms with E-state index in [1.54, 1.807) is 12.1 Å². The third kappa shape index (κ3) is 1.52. The summed E-state index contributed by atoms with van der Waals surface area (Å²) in [6.07, 6.45) is -1.11. The molecule has 14 heavy (non-hydrogen) atoms. The van der Waals surface area contributed by atoms with Crippen molar-refractivity contribution < 1.29 is 9.90 Å². The largest absolute Gasteiger partial charge is 0.465 e. The highest BCUT2D eigenvalue weighted by Gasteiger charge is 2.02. The molecule has 2 heterocycles. The van der Waals surface area contributed by atoms with Gasteiger partial charge in [-0.25, -0.2) is 9.78 Å². The van der Waals surface area contributed by atoms with E-state index in [-0.39, 0.29) is 0 Å². The first kappa shape index (κ1) is 8.55. The van der Waals surface area contributed by atoms with Gasteiger partial charge in [0, 0.05) is 5.69 Å². The zero-order valence-corrected chi connectivity index (χ0v) is 7.53. The Morgan fingerprint density at radius 3 is 3.07 bits per heavy atom. The first-order chi connectivity index (χ1) is 6.65. The van der Waals surface area contributed by atoms with E-state index in [0.29, 0.717) is 5.82 Å². The number of carboxylic acid groups (broad SMARTS) is 1. The molecule has 0 atom stereocenters. The summed E-state index contributed by atoms with van der Waals surface area (Å²) in [7, 11) is 0. The van der Waals surface area contributed by atoms with Gasteiger partial charge in [0.25, 0.3) is 0 Å². The second kappa shape index (κ2) is 3.02. The molecule has 0 aromatic carbocycles. The highest BCUT2D eigenvalue weighted by molar-refractivity contribution is 5.85. The molecule has 2 aromatic heterocycles. The summed E-state index contributed by atoms with van der Waals surface area (Å²) < 4.78 is 0. The third-order valence-corrected chi connectivity index (χ3v) is 1.84. The average Bonchev–Trinajstić information content (AvgIpc) is 2.42. The first-order valence-corrected chi connectivity index (χ1v) is 4.11. The Morgan fingerprint density at radius 1 is 1.57 bits per heavy atom. The molecule has 3 N–H and O–H groups in total. The number of fused-ring (bicyclic) bond motifs is 1. The van der Waals surface area contributed by atoms with Crippen LogP contribution in [0.5, 0.6) is 0 Å². The van der Waals surface area contributed by atoms with Gasteiger partial charge in [-0.15, -0.1) is 0 Å². The maximum atomic E-state index is 10.4. The lowest BCUT2D eigenvalue weighted by molar-refractivity contribution is 0.209. The fourth-order valence-electron chi connectivity index (χ4n) is 1.32. The monoisotopic (exact) mass is 191 g/mol. The van der Waals surface area contributed by atoms with Crippen LogP contribution in [0.15, 0.2) is 18.2 Å². The summed E-state index contributed by atoms with van der Waals surface area (Å²) in [5.74, 6) is 0.337. The van der Waals surface area contributed by atoms with E-state index >= 15 is 0 Å². The lowest BCUT2D eigenvalue weighted by atomic mass is 10.3. The highest BCUT2D eigenvalue weighted by atomic mass is 16.4. The summed E-state index contributed by atoms with van der Waals surface area (Å²) >= 11 is 0. The number of nitrogens with zero attached hydrogens (tertiary/aromatic N) is 1. The highest BCUT2D eigenvalue weighted by Crippen LogP contribution is 2.15. The number of hydrogen-bond acceptors (Lipinski definition) is 2. The molecule has 2 aromatic rings. The molecule has 0 aliphatic heterocycles. The molecule has 0 spiro atoms.